The highest BCUT2D eigenvalue weighted by Gasteiger charge is 2.23. The van der Waals surface area contributed by atoms with Gasteiger partial charge in [0.2, 0.25) is 0 Å². The lowest BCUT2D eigenvalue weighted by molar-refractivity contribution is -0.149. The number of rotatable bonds is 5. The van der Waals surface area contributed by atoms with Crippen molar-refractivity contribution < 1.29 is 14.6 Å². The lowest BCUT2D eigenvalue weighted by Gasteiger charge is -2.16. The highest BCUT2D eigenvalue weighted by atomic mass is 16.5. The summed E-state index contributed by atoms with van der Waals surface area (Å²) in [6, 6.07) is 0. The number of ether oxygens (including phenoxy) is 1. The molecule has 3 nitrogen and oxygen atoms in total. The van der Waals surface area contributed by atoms with Crippen LogP contribution in [0.4, 0.5) is 0 Å². The van der Waals surface area contributed by atoms with Gasteiger partial charge in [-0.05, 0) is 13.3 Å². The van der Waals surface area contributed by atoms with Crippen molar-refractivity contribution >= 4 is 5.97 Å². The molecule has 0 saturated heterocycles. The fourth-order valence-corrected chi connectivity index (χ4v) is 1.13. The normalized spacial score (nSPS) is 15.3. The molecule has 0 aromatic rings. The highest BCUT2D eigenvalue weighted by molar-refractivity contribution is 5.72. The molecule has 0 spiro atoms. The van der Waals surface area contributed by atoms with Crippen molar-refractivity contribution in [3.8, 4) is 0 Å². The number of hydrogen-bond acceptors (Lipinski definition) is 3. The number of methoxy groups -OCH3 is 1. The maximum absolute atomic E-state index is 11.1. The molecule has 0 saturated carbocycles. The first kappa shape index (κ1) is 11.4. The third kappa shape index (κ3) is 3.72. The quantitative estimate of drug-likeness (QED) is 0.640. The molecule has 0 bridgehead atoms. The van der Waals surface area contributed by atoms with Crippen molar-refractivity contribution in [1.29, 1.82) is 0 Å². The van der Waals surface area contributed by atoms with Crippen LogP contribution in [0.1, 0.15) is 33.1 Å². The van der Waals surface area contributed by atoms with E-state index in [0.29, 0.717) is 6.42 Å². The van der Waals surface area contributed by atoms with E-state index >= 15 is 0 Å². The fourth-order valence-electron chi connectivity index (χ4n) is 1.13. The number of hydrogen-bond donors (Lipinski definition) is 1. The Bertz CT molecular complexity index is 132. The van der Waals surface area contributed by atoms with Crippen LogP contribution in [0.25, 0.3) is 0 Å². The molecule has 2 atom stereocenters. The van der Waals surface area contributed by atoms with Crippen molar-refractivity contribution in [3.63, 3.8) is 0 Å². The van der Waals surface area contributed by atoms with Crippen LogP contribution in [-0.2, 0) is 9.53 Å². The molecule has 1 N–H and O–H groups in total. The maximum atomic E-state index is 11.1. The van der Waals surface area contributed by atoms with Gasteiger partial charge in [-0.2, -0.15) is 0 Å². The largest absolute Gasteiger partial charge is 0.469 e. The molecule has 0 aromatic heterocycles. The van der Waals surface area contributed by atoms with Crippen molar-refractivity contribution in [2.75, 3.05) is 7.11 Å². The van der Waals surface area contributed by atoms with Crippen LogP contribution in [0.2, 0.25) is 0 Å². The molecular weight excluding hydrogens is 156 g/mol. The van der Waals surface area contributed by atoms with E-state index in [-0.39, 0.29) is 11.9 Å². The molecule has 0 rings (SSSR count). The zero-order chi connectivity index (χ0) is 9.56. The second-order valence-electron chi connectivity index (χ2n) is 3.01. The van der Waals surface area contributed by atoms with E-state index in [1.807, 2.05) is 0 Å². The van der Waals surface area contributed by atoms with Gasteiger partial charge < -0.3 is 9.84 Å². The summed E-state index contributed by atoms with van der Waals surface area (Å²) in [5, 5.41) is 9.24. The highest BCUT2D eigenvalue weighted by Crippen LogP contribution is 2.14. The lowest BCUT2D eigenvalue weighted by Crippen LogP contribution is -2.26. The molecule has 0 aliphatic carbocycles. The second-order valence-corrected chi connectivity index (χ2v) is 3.01. The zero-order valence-electron chi connectivity index (χ0n) is 8.04. The average Bonchev–Trinajstić information content (AvgIpc) is 2.04. The fraction of sp³-hybridized carbons (Fsp3) is 0.889. The minimum absolute atomic E-state index is 0.307. The molecule has 0 aliphatic rings. The predicted octanol–water partition coefficient (Wildman–Crippen LogP) is 1.35. The summed E-state index contributed by atoms with van der Waals surface area (Å²) < 4.78 is 4.57. The summed E-state index contributed by atoms with van der Waals surface area (Å²) in [5.41, 5.74) is 0. The number of esters is 1. The Kier molecular flexibility index (Phi) is 5.72. The molecule has 0 unspecified atom stereocenters. The Morgan fingerprint density at radius 1 is 1.58 bits per heavy atom. The molecule has 0 aromatic carbocycles. The van der Waals surface area contributed by atoms with Gasteiger partial charge in [0, 0.05) is 0 Å². The smallest absolute Gasteiger partial charge is 0.311 e. The molecule has 72 valence electrons. The minimum atomic E-state index is -0.607. The Morgan fingerprint density at radius 3 is 2.50 bits per heavy atom. The van der Waals surface area contributed by atoms with Crippen LogP contribution in [-0.4, -0.2) is 24.3 Å². The topological polar surface area (TPSA) is 46.5 Å². The van der Waals surface area contributed by atoms with E-state index < -0.39 is 6.10 Å². The third-order valence-electron chi connectivity index (χ3n) is 1.95. The molecule has 0 fully saturated rings. The molecular formula is C9H18O3. The monoisotopic (exact) mass is 174 g/mol. The second kappa shape index (κ2) is 6.00. The number of carbonyl (C=O) groups is 1. The summed E-state index contributed by atoms with van der Waals surface area (Å²) in [6.07, 6.45) is 2.08. The average molecular weight is 174 g/mol. The van der Waals surface area contributed by atoms with Gasteiger partial charge in [0.15, 0.2) is 0 Å². The number of aliphatic hydroxyl groups excluding tert-OH is 1. The summed E-state index contributed by atoms with van der Waals surface area (Å²) >= 11 is 0. The van der Waals surface area contributed by atoms with E-state index in [1.165, 1.54) is 7.11 Å². The first-order chi connectivity index (χ1) is 5.63. The predicted molar refractivity (Wildman–Crippen MR) is 46.7 cm³/mol. The van der Waals surface area contributed by atoms with Crippen LogP contribution >= 0.6 is 0 Å². The van der Waals surface area contributed by atoms with Gasteiger partial charge in [0.05, 0.1) is 19.1 Å². The molecule has 0 amide bonds. The third-order valence-corrected chi connectivity index (χ3v) is 1.95. The summed E-state index contributed by atoms with van der Waals surface area (Å²) in [6.45, 7) is 3.67. The molecule has 0 aliphatic heterocycles. The van der Waals surface area contributed by atoms with Gasteiger partial charge >= 0.3 is 5.97 Å². The number of carbonyl (C=O) groups excluding carboxylic acids is 1. The maximum Gasteiger partial charge on any atom is 0.311 e. The zero-order valence-corrected chi connectivity index (χ0v) is 8.04. The van der Waals surface area contributed by atoms with Crippen LogP contribution in [0.15, 0.2) is 0 Å². The van der Waals surface area contributed by atoms with E-state index in [0.717, 1.165) is 12.8 Å². The van der Waals surface area contributed by atoms with E-state index in [4.69, 9.17) is 0 Å². The van der Waals surface area contributed by atoms with Gasteiger partial charge in [-0.3, -0.25) is 4.79 Å². The van der Waals surface area contributed by atoms with Crippen LogP contribution < -0.4 is 0 Å². The van der Waals surface area contributed by atoms with Crippen molar-refractivity contribution in [2.24, 2.45) is 5.92 Å². The molecule has 0 heterocycles. The minimum Gasteiger partial charge on any atom is -0.469 e. The van der Waals surface area contributed by atoms with Gasteiger partial charge in [-0.15, -0.1) is 0 Å². The Hall–Kier alpha value is -0.570. The van der Waals surface area contributed by atoms with Gasteiger partial charge in [0.25, 0.3) is 0 Å². The van der Waals surface area contributed by atoms with Crippen LogP contribution in [0.3, 0.4) is 0 Å². The Labute approximate surface area is 73.7 Å². The molecule has 12 heavy (non-hydrogen) atoms. The van der Waals surface area contributed by atoms with Crippen molar-refractivity contribution in [1.82, 2.24) is 0 Å². The van der Waals surface area contributed by atoms with Gasteiger partial charge in [-0.1, -0.05) is 19.8 Å². The van der Waals surface area contributed by atoms with Crippen LogP contribution in [0.5, 0.6) is 0 Å². The van der Waals surface area contributed by atoms with E-state index in [1.54, 1.807) is 6.92 Å². The lowest BCUT2D eigenvalue weighted by atomic mass is 9.97. The van der Waals surface area contributed by atoms with Gasteiger partial charge in [-0.25, -0.2) is 0 Å². The van der Waals surface area contributed by atoms with Crippen LogP contribution in [0, 0.1) is 5.92 Å². The number of unbranched alkanes of at least 4 members (excludes halogenated alkanes) is 1. The summed E-state index contributed by atoms with van der Waals surface area (Å²) in [7, 11) is 1.35. The number of aliphatic hydroxyl groups is 1. The van der Waals surface area contributed by atoms with Crippen molar-refractivity contribution in [3.05, 3.63) is 0 Å². The van der Waals surface area contributed by atoms with Crippen molar-refractivity contribution in [2.45, 2.75) is 39.2 Å². The SMILES string of the molecule is CCCC[C@@H](C(=O)OC)[C@@H](C)O. The van der Waals surface area contributed by atoms with E-state index in [9.17, 15) is 9.90 Å². The Balaban J connectivity index is 3.95. The Morgan fingerprint density at radius 2 is 2.17 bits per heavy atom. The first-order valence-corrected chi connectivity index (χ1v) is 4.39. The summed E-state index contributed by atoms with van der Waals surface area (Å²) in [5.74, 6) is -0.659. The standard InChI is InChI=1S/C9H18O3/c1-4-5-6-8(7(2)10)9(11)12-3/h7-8,10H,4-6H2,1-3H3/t7-,8-/m1/s1. The van der Waals surface area contributed by atoms with Gasteiger partial charge in [0.1, 0.15) is 0 Å². The summed E-state index contributed by atoms with van der Waals surface area (Å²) in [4.78, 5) is 11.1. The molecule has 3 heteroatoms. The van der Waals surface area contributed by atoms with E-state index in [2.05, 4.69) is 11.7 Å². The molecule has 0 radical (unpaired) electrons. The first-order valence-electron chi connectivity index (χ1n) is 4.39.